The molecule has 7 heteroatoms. The highest BCUT2D eigenvalue weighted by molar-refractivity contribution is 7.71. The first kappa shape index (κ1) is 17.7. The predicted octanol–water partition coefficient (Wildman–Crippen LogP) is 4.60. The highest BCUT2D eigenvalue weighted by Crippen LogP contribution is 2.32. The van der Waals surface area contributed by atoms with Crippen LogP contribution in [0.4, 0.5) is 0 Å². The largest absolute Gasteiger partial charge is 0.370 e. The van der Waals surface area contributed by atoms with Gasteiger partial charge in [0.15, 0.2) is 5.82 Å². The van der Waals surface area contributed by atoms with Crippen molar-refractivity contribution < 1.29 is 4.74 Å². The van der Waals surface area contributed by atoms with Crippen molar-refractivity contribution in [1.29, 1.82) is 0 Å². The molecule has 0 amide bonds. The number of hydrogen-bond acceptors (Lipinski definition) is 4. The van der Waals surface area contributed by atoms with Crippen molar-refractivity contribution in [2.45, 2.75) is 70.9 Å². The van der Waals surface area contributed by atoms with Gasteiger partial charge in [-0.15, -0.1) is 0 Å². The first-order valence-electron chi connectivity index (χ1n) is 9.67. The Hall–Kier alpha value is -1.73. The molecule has 3 heterocycles. The van der Waals surface area contributed by atoms with Crippen molar-refractivity contribution in [3.63, 3.8) is 0 Å². The van der Waals surface area contributed by atoms with E-state index >= 15 is 0 Å². The smallest absolute Gasteiger partial charge is 0.216 e. The van der Waals surface area contributed by atoms with E-state index in [1.807, 2.05) is 6.21 Å². The van der Waals surface area contributed by atoms with Gasteiger partial charge in [-0.3, -0.25) is 5.10 Å². The molecule has 2 aromatic heterocycles. The van der Waals surface area contributed by atoms with Crippen molar-refractivity contribution in [1.82, 2.24) is 19.4 Å². The third-order valence-corrected chi connectivity index (χ3v) is 5.93. The fraction of sp³-hybridized carbons (Fsp3) is 0.632. The second kappa shape index (κ2) is 7.48. The number of aryl methyl sites for hydroxylation is 1. The molecular formula is C19H27N5OS. The van der Waals surface area contributed by atoms with Gasteiger partial charge in [0.1, 0.15) is 6.10 Å². The van der Waals surface area contributed by atoms with E-state index in [9.17, 15) is 0 Å². The van der Waals surface area contributed by atoms with E-state index in [1.165, 1.54) is 43.5 Å². The maximum absolute atomic E-state index is 5.74. The Bertz CT molecular complexity index is 850. The number of aromatic amines is 1. The Kier molecular flexibility index (Phi) is 5.09. The minimum absolute atomic E-state index is 0.0187. The van der Waals surface area contributed by atoms with E-state index < -0.39 is 0 Å². The lowest BCUT2D eigenvalue weighted by molar-refractivity contribution is 0.102. The zero-order valence-corrected chi connectivity index (χ0v) is 16.4. The SMILES string of the molecule is Cc1cc(/C=N\n2c([C@@H]3CCCO3)n[nH]c2=S)c(C)n1C1CCCCC1. The molecule has 1 saturated carbocycles. The molecule has 2 aromatic rings. The summed E-state index contributed by atoms with van der Waals surface area (Å²) in [7, 11) is 0. The van der Waals surface area contributed by atoms with Crippen LogP contribution < -0.4 is 0 Å². The maximum atomic E-state index is 5.74. The van der Waals surface area contributed by atoms with Gasteiger partial charge in [0.2, 0.25) is 4.77 Å². The number of nitrogens with one attached hydrogen (secondary N) is 1. The van der Waals surface area contributed by atoms with Crippen LogP contribution in [-0.2, 0) is 4.74 Å². The second-order valence-electron chi connectivity index (χ2n) is 7.43. The highest BCUT2D eigenvalue weighted by Gasteiger charge is 2.24. The molecule has 0 bridgehead atoms. The molecule has 140 valence electrons. The fourth-order valence-electron chi connectivity index (χ4n) is 4.36. The Labute approximate surface area is 159 Å². The molecule has 2 aliphatic rings. The first-order chi connectivity index (χ1) is 12.6. The number of hydrogen-bond donors (Lipinski definition) is 1. The molecule has 0 aromatic carbocycles. The summed E-state index contributed by atoms with van der Waals surface area (Å²) in [4.78, 5) is 0. The lowest BCUT2D eigenvalue weighted by Gasteiger charge is -2.26. The van der Waals surface area contributed by atoms with E-state index in [1.54, 1.807) is 4.68 Å². The molecule has 1 saturated heterocycles. The molecule has 0 unspecified atom stereocenters. The van der Waals surface area contributed by atoms with Crippen LogP contribution in [0, 0.1) is 18.6 Å². The van der Waals surface area contributed by atoms with Gasteiger partial charge < -0.3 is 9.30 Å². The third kappa shape index (κ3) is 3.30. The molecule has 0 spiro atoms. The number of nitrogens with zero attached hydrogens (tertiary/aromatic N) is 4. The van der Waals surface area contributed by atoms with Crippen LogP contribution in [0.25, 0.3) is 0 Å². The number of rotatable bonds is 4. The molecule has 6 nitrogen and oxygen atoms in total. The van der Waals surface area contributed by atoms with Crippen LogP contribution in [0.1, 0.15) is 79.9 Å². The minimum atomic E-state index is -0.0187. The molecule has 4 rings (SSSR count). The van der Waals surface area contributed by atoms with Gasteiger partial charge in [-0.25, -0.2) is 0 Å². The van der Waals surface area contributed by atoms with Crippen LogP contribution in [0.5, 0.6) is 0 Å². The van der Waals surface area contributed by atoms with Gasteiger partial charge in [-0.1, -0.05) is 19.3 Å². The molecule has 1 atom stereocenters. The molecular weight excluding hydrogens is 346 g/mol. The second-order valence-corrected chi connectivity index (χ2v) is 7.82. The summed E-state index contributed by atoms with van der Waals surface area (Å²) in [5, 5.41) is 11.8. The van der Waals surface area contributed by atoms with Gasteiger partial charge in [0.05, 0.1) is 6.21 Å². The van der Waals surface area contributed by atoms with Gasteiger partial charge in [-0.2, -0.15) is 14.9 Å². The van der Waals surface area contributed by atoms with Crippen molar-refractivity contribution >= 4 is 18.4 Å². The summed E-state index contributed by atoms with van der Waals surface area (Å²) in [6.07, 6.45) is 10.5. The van der Waals surface area contributed by atoms with Gasteiger partial charge >= 0.3 is 0 Å². The van der Waals surface area contributed by atoms with Crippen LogP contribution in [0.15, 0.2) is 11.2 Å². The van der Waals surface area contributed by atoms with Gasteiger partial charge in [0.25, 0.3) is 0 Å². The van der Waals surface area contributed by atoms with Crippen LogP contribution in [-0.4, -0.2) is 32.3 Å². The van der Waals surface area contributed by atoms with Gasteiger partial charge in [0, 0.05) is 29.6 Å². The number of aromatic nitrogens is 4. The lowest BCUT2D eigenvalue weighted by atomic mass is 9.95. The summed E-state index contributed by atoms with van der Waals surface area (Å²) in [5.41, 5.74) is 3.74. The Morgan fingerprint density at radius 3 is 2.77 bits per heavy atom. The minimum Gasteiger partial charge on any atom is -0.370 e. The number of H-pyrrole nitrogens is 1. The van der Waals surface area contributed by atoms with E-state index in [2.05, 4.69) is 39.8 Å². The molecule has 1 aliphatic carbocycles. The normalized spacial score (nSPS) is 21.8. The van der Waals surface area contributed by atoms with Crippen molar-refractivity contribution in [3.8, 4) is 0 Å². The molecule has 1 aliphatic heterocycles. The zero-order valence-electron chi connectivity index (χ0n) is 15.6. The van der Waals surface area contributed by atoms with Crippen molar-refractivity contribution in [2.75, 3.05) is 6.61 Å². The maximum Gasteiger partial charge on any atom is 0.216 e. The molecule has 0 radical (unpaired) electrons. The van der Waals surface area contributed by atoms with E-state index in [-0.39, 0.29) is 6.10 Å². The van der Waals surface area contributed by atoms with Crippen LogP contribution in [0.3, 0.4) is 0 Å². The Morgan fingerprint density at radius 2 is 2.04 bits per heavy atom. The monoisotopic (exact) mass is 373 g/mol. The highest BCUT2D eigenvalue weighted by atomic mass is 32.1. The summed E-state index contributed by atoms with van der Waals surface area (Å²) in [6, 6.07) is 2.85. The van der Waals surface area contributed by atoms with Gasteiger partial charge in [-0.05, 0) is 57.8 Å². The molecule has 2 fully saturated rings. The van der Waals surface area contributed by atoms with E-state index in [4.69, 9.17) is 17.0 Å². The zero-order chi connectivity index (χ0) is 18.1. The third-order valence-electron chi connectivity index (χ3n) is 5.67. The number of ether oxygens (including phenoxy) is 1. The molecule has 26 heavy (non-hydrogen) atoms. The summed E-state index contributed by atoms with van der Waals surface area (Å²) < 4.78 is 10.5. The topological polar surface area (TPSA) is 60.1 Å². The average Bonchev–Trinajstić information content (AvgIpc) is 3.34. The quantitative estimate of drug-likeness (QED) is 0.629. The van der Waals surface area contributed by atoms with E-state index in [0.717, 1.165) is 30.8 Å². The van der Waals surface area contributed by atoms with Crippen LogP contribution in [0.2, 0.25) is 0 Å². The summed E-state index contributed by atoms with van der Waals surface area (Å²) in [6.45, 7) is 5.16. The Morgan fingerprint density at radius 1 is 1.23 bits per heavy atom. The predicted molar refractivity (Wildman–Crippen MR) is 104 cm³/mol. The fourth-order valence-corrected chi connectivity index (χ4v) is 4.55. The summed E-state index contributed by atoms with van der Waals surface area (Å²) >= 11 is 5.36. The first-order valence-corrected chi connectivity index (χ1v) is 10.1. The van der Waals surface area contributed by atoms with E-state index in [0.29, 0.717) is 10.8 Å². The van der Waals surface area contributed by atoms with Crippen molar-refractivity contribution in [3.05, 3.63) is 33.6 Å². The van der Waals surface area contributed by atoms with Crippen molar-refractivity contribution in [2.24, 2.45) is 5.10 Å². The standard InChI is InChI=1S/C19H27N5OS/c1-13-11-15(14(2)23(13)16-7-4-3-5-8-16)12-20-24-18(21-22-19(24)26)17-9-6-10-25-17/h11-12,16-17H,3-10H2,1-2H3,(H,22,26)/b20-12-/t17-/m0/s1. The van der Waals surface area contributed by atoms with Crippen LogP contribution >= 0.6 is 12.2 Å². The molecule has 1 N–H and O–H groups in total. The Balaban J connectivity index is 1.62. The lowest BCUT2D eigenvalue weighted by Crippen LogP contribution is -2.15. The average molecular weight is 374 g/mol. The summed E-state index contributed by atoms with van der Waals surface area (Å²) in [5.74, 6) is 0.768.